The summed E-state index contributed by atoms with van der Waals surface area (Å²) in [4.78, 5) is 18.0. The second-order valence-corrected chi connectivity index (χ2v) is 9.36. The Morgan fingerprint density at radius 2 is 1.63 bits per heavy atom. The van der Waals surface area contributed by atoms with Crippen LogP contribution in [0.3, 0.4) is 0 Å². The van der Waals surface area contributed by atoms with E-state index in [4.69, 9.17) is 0 Å². The van der Waals surface area contributed by atoms with Gasteiger partial charge in [-0.2, -0.15) is 0 Å². The maximum atomic E-state index is 13.0. The highest BCUT2D eigenvalue weighted by atomic mass is 16.2. The molecule has 2 saturated heterocycles. The highest BCUT2D eigenvalue weighted by Crippen LogP contribution is 2.41. The van der Waals surface area contributed by atoms with Crippen LogP contribution in [0.2, 0.25) is 0 Å². The third-order valence-electron chi connectivity index (χ3n) is 7.73. The smallest absolute Gasteiger partial charge is 0.247 e. The molecule has 1 aliphatic carbocycles. The quantitative estimate of drug-likeness (QED) is 0.822. The van der Waals surface area contributed by atoms with Gasteiger partial charge in [-0.05, 0) is 56.2 Å². The minimum atomic E-state index is -0.383. The lowest BCUT2D eigenvalue weighted by molar-refractivity contribution is -0.125. The van der Waals surface area contributed by atoms with Crippen molar-refractivity contribution in [2.24, 2.45) is 0 Å². The number of piperidine rings is 1. The number of carbonyl (C=O) groups is 1. The molecular formula is C26H33N3O. The van der Waals surface area contributed by atoms with Gasteiger partial charge in [0.15, 0.2) is 0 Å². The molecule has 1 amide bonds. The van der Waals surface area contributed by atoms with Crippen LogP contribution in [0, 0.1) is 6.92 Å². The molecule has 3 fully saturated rings. The summed E-state index contributed by atoms with van der Waals surface area (Å²) in [5.41, 5.74) is 3.60. The molecular weight excluding hydrogens is 370 g/mol. The predicted molar refractivity (Wildman–Crippen MR) is 122 cm³/mol. The second-order valence-electron chi connectivity index (χ2n) is 9.36. The second kappa shape index (κ2) is 8.07. The molecule has 1 saturated carbocycles. The minimum absolute atomic E-state index is 0.213. The van der Waals surface area contributed by atoms with Crippen molar-refractivity contribution in [3.05, 3.63) is 65.7 Å². The number of rotatable bonds is 3. The number of likely N-dealkylation sites (tertiary alicyclic amines) is 1. The normalized spacial score (nSPS) is 26.7. The lowest BCUT2D eigenvalue weighted by Gasteiger charge is -2.48. The highest BCUT2D eigenvalue weighted by molar-refractivity contribution is 5.93. The van der Waals surface area contributed by atoms with Gasteiger partial charge in [0.25, 0.3) is 0 Å². The van der Waals surface area contributed by atoms with Gasteiger partial charge in [-0.25, -0.2) is 0 Å². The Morgan fingerprint density at radius 1 is 0.933 bits per heavy atom. The van der Waals surface area contributed by atoms with Crippen LogP contribution >= 0.6 is 0 Å². The number of para-hydroxylation sites is 1. The van der Waals surface area contributed by atoms with Gasteiger partial charge in [0.05, 0.1) is 6.67 Å². The predicted octanol–water partition coefficient (Wildman–Crippen LogP) is 4.45. The average Bonchev–Trinajstić information content (AvgIpc) is 3.11. The molecule has 5 rings (SSSR count). The van der Waals surface area contributed by atoms with Crippen molar-refractivity contribution in [1.82, 2.24) is 10.2 Å². The SMILES string of the molecule is Cc1ccc(C2CCCCC2N2CCC3(CC2)C(=O)NCN3c2ccccc2)cc1. The molecule has 1 N–H and O–H groups in total. The van der Waals surface area contributed by atoms with Crippen molar-refractivity contribution in [3.63, 3.8) is 0 Å². The van der Waals surface area contributed by atoms with E-state index in [1.165, 1.54) is 36.8 Å². The van der Waals surface area contributed by atoms with Crippen LogP contribution < -0.4 is 10.2 Å². The first-order valence-corrected chi connectivity index (χ1v) is 11.6. The van der Waals surface area contributed by atoms with Crippen LogP contribution in [0.4, 0.5) is 5.69 Å². The molecule has 2 aromatic carbocycles. The molecule has 2 aliphatic heterocycles. The number of hydrogen-bond donors (Lipinski definition) is 1. The van der Waals surface area contributed by atoms with Gasteiger partial charge in [-0.3, -0.25) is 9.69 Å². The van der Waals surface area contributed by atoms with Gasteiger partial charge in [-0.15, -0.1) is 0 Å². The number of hydrogen-bond acceptors (Lipinski definition) is 3. The largest absolute Gasteiger partial charge is 0.339 e. The summed E-state index contributed by atoms with van der Waals surface area (Å²) < 4.78 is 0. The van der Waals surface area contributed by atoms with Crippen molar-refractivity contribution in [1.29, 1.82) is 0 Å². The zero-order chi connectivity index (χ0) is 20.6. The summed E-state index contributed by atoms with van der Waals surface area (Å²) in [5, 5.41) is 3.13. The van der Waals surface area contributed by atoms with E-state index in [0.29, 0.717) is 18.6 Å². The van der Waals surface area contributed by atoms with Crippen molar-refractivity contribution >= 4 is 11.6 Å². The number of anilines is 1. The lowest BCUT2D eigenvalue weighted by atomic mass is 9.77. The Balaban J connectivity index is 1.34. The number of amides is 1. The Morgan fingerprint density at radius 3 is 2.37 bits per heavy atom. The molecule has 1 spiro atoms. The highest BCUT2D eigenvalue weighted by Gasteiger charge is 2.51. The lowest BCUT2D eigenvalue weighted by Crippen LogP contribution is -2.58. The zero-order valence-electron chi connectivity index (χ0n) is 18.0. The van der Waals surface area contributed by atoms with Crippen LogP contribution in [-0.2, 0) is 4.79 Å². The number of carbonyl (C=O) groups excluding carboxylic acids is 1. The van der Waals surface area contributed by atoms with E-state index in [1.807, 2.05) is 6.07 Å². The van der Waals surface area contributed by atoms with E-state index in [-0.39, 0.29) is 11.4 Å². The summed E-state index contributed by atoms with van der Waals surface area (Å²) in [6, 6.07) is 20.2. The molecule has 158 valence electrons. The summed E-state index contributed by atoms with van der Waals surface area (Å²) in [7, 11) is 0. The third-order valence-corrected chi connectivity index (χ3v) is 7.73. The van der Waals surface area contributed by atoms with Crippen molar-refractivity contribution in [2.75, 3.05) is 24.7 Å². The molecule has 2 unspecified atom stereocenters. The van der Waals surface area contributed by atoms with Gasteiger partial charge >= 0.3 is 0 Å². The molecule has 0 bridgehead atoms. The van der Waals surface area contributed by atoms with E-state index in [0.717, 1.165) is 31.6 Å². The molecule has 4 nitrogen and oxygen atoms in total. The Bertz CT molecular complexity index is 871. The molecule has 3 aliphatic rings. The van der Waals surface area contributed by atoms with E-state index < -0.39 is 0 Å². The molecule has 2 heterocycles. The first kappa shape index (κ1) is 19.6. The fraction of sp³-hybridized carbons (Fsp3) is 0.500. The summed E-state index contributed by atoms with van der Waals surface area (Å²) in [5.74, 6) is 0.834. The maximum Gasteiger partial charge on any atom is 0.247 e. The van der Waals surface area contributed by atoms with Crippen LogP contribution in [0.5, 0.6) is 0 Å². The maximum absolute atomic E-state index is 13.0. The number of aryl methyl sites for hydroxylation is 1. The standard InChI is InChI=1S/C26H33N3O/c1-20-11-13-21(14-12-20)23-9-5-6-10-24(23)28-17-15-26(16-18-28)25(30)27-19-29(26)22-7-3-2-4-8-22/h2-4,7-8,11-14,23-24H,5-6,9-10,15-19H2,1H3,(H,27,30). The molecule has 2 atom stereocenters. The van der Waals surface area contributed by atoms with E-state index in [2.05, 4.69) is 70.6 Å². The van der Waals surface area contributed by atoms with Gasteiger partial charge < -0.3 is 10.2 Å². The van der Waals surface area contributed by atoms with Crippen molar-refractivity contribution in [2.45, 2.75) is 62.9 Å². The first-order valence-electron chi connectivity index (χ1n) is 11.6. The van der Waals surface area contributed by atoms with Crippen LogP contribution in [-0.4, -0.2) is 42.1 Å². The summed E-state index contributed by atoms with van der Waals surface area (Å²) >= 11 is 0. The Labute approximate surface area is 180 Å². The van der Waals surface area contributed by atoms with Crippen molar-refractivity contribution < 1.29 is 4.79 Å². The summed E-state index contributed by atoms with van der Waals surface area (Å²) in [6.45, 7) is 4.79. The topological polar surface area (TPSA) is 35.6 Å². The number of nitrogens with zero attached hydrogens (tertiary/aromatic N) is 2. The van der Waals surface area contributed by atoms with E-state index in [1.54, 1.807) is 0 Å². The van der Waals surface area contributed by atoms with Crippen LogP contribution in [0.15, 0.2) is 54.6 Å². The van der Waals surface area contributed by atoms with E-state index >= 15 is 0 Å². The molecule has 2 aromatic rings. The van der Waals surface area contributed by atoms with Gasteiger partial charge in [0.2, 0.25) is 5.91 Å². The fourth-order valence-corrected chi connectivity index (χ4v) is 6.01. The number of benzene rings is 2. The molecule has 4 heteroatoms. The van der Waals surface area contributed by atoms with E-state index in [9.17, 15) is 4.79 Å². The zero-order valence-corrected chi connectivity index (χ0v) is 18.0. The molecule has 0 radical (unpaired) electrons. The Kier molecular flexibility index (Phi) is 5.28. The Hall–Kier alpha value is -2.33. The number of nitrogens with one attached hydrogen (secondary N) is 1. The molecule has 0 aromatic heterocycles. The minimum Gasteiger partial charge on any atom is -0.339 e. The summed E-state index contributed by atoms with van der Waals surface area (Å²) in [6.07, 6.45) is 7.03. The monoisotopic (exact) mass is 403 g/mol. The first-order chi connectivity index (χ1) is 14.7. The van der Waals surface area contributed by atoms with Crippen LogP contribution in [0.1, 0.15) is 55.6 Å². The van der Waals surface area contributed by atoms with Crippen molar-refractivity contribution in [3.8, 4) is 0 Å². The average molecular weight is 404 g/mol. The van der Waals surface area contributed by atoms with Gasteiger partial charge in [-0.1, -0.05) is 60.9 Å². The fourth-order valence-electron chi connectivity index (χ4n) is 6.01. The van der Waals surface area contributed by atoms with Gasteiger partial charge in [0.1, 0.15) is 5.54 Å². The van der Waals surface area contributed by atoms with Crippen LogP contribution in [0.25, 0.3) is 0 Å². The third kappa shape index (κ3) is 3.41. The molecule has 30 heavy (non-hydrogen) atoms. The van der Waals surface area contributed by atoms with Gasteiger partial charge in [0, 0.05) is 24.8 Å².